The van der Waals surface area contributed by atoms with Gasteiger partial charge in [-0.25, -0.2) is 26.9 Å². The summed E-state index contributed by atoms with van der Waals surface area (Å²) in [7, 11) is 0. The number of benzene rings is 1. The Morgan fingerprint density at radius 2 is 1.87 bits per heavy atom. The van der Waals surface area contributed by atoms with Crippen molar-refractivity contribution < 1.29 is 31.2 Å². The van der Waals surface area contributed by atoms with Crippen molar-refractivity contribution in [1.82, 2.24) is 29.5 Å². The molecule has 4 saturated heterocycles. The zero-order valence-corrected chi connectivity index (χ0v) is 26.7. The van der Waals surface area contributed by atoms with Crippen LogP contribution in [-0.4, -0.2) is 97.3 Å². The number of anilines is 2. The Morgan fingerprint density at radius 1 is 1.11 bits per heavy atom. The number of nitrogens with two attached hydrogens (primary N) is 1. The van der Waals surface area contributed by atoms with Crippen molar-refractivity contribution in [2.45, 2.75) is 79.2 Å². The standard InChI is InChI=1S/C30H31F5N8O2S2/c31-14-8-29(6-1-7-42(29)10-14)13-45-28-39-22-20(33)23(17-4-5-18(32)24-21(17)38-27(36)46-24)43(19-9-30(19,34)35)47(44)25(22)26(40-28)41-11-15-2-3-16(12-41)37-15/h4-5,14-16,19,37H,1-3,6-13H2,(H2,36,38)/t14-,15?,16?,19?,29+,47?/m1/s1. The van der Waals surface area contributed by atoms with Crippen LogP contribution in [0.25, 0.3) is 21.7 Å². The molecule has 9 rings (SSSR count). The zero-order chi connectivity index (χ0) is 32.4. The molecule has 4 unspecified atom stereocenters. The van der Waals surface area contributed by atoms with E-state index in [2.05, 4.69) is 25.2 Å². The summed E-state index contributed by atoms with van der Waals surface area (Å²) in [6, 6.07) is 0.797. The van der Waals surface area contributed by atoms with Crippen LogP contribution in [-0.2, 0) is 11.4 Å². The van der Waals surface area contributed by atoms with Gasteiger partial charge in [0.2, 0.25) is 0 Å². The summed E-state index contributed by atoms with van der Waals surface area (Å²) < 4.78 is 97.8. The van der Waals surface area contributed by atoms with E-state index in [4.69, 9.17) is 10.5 Å². The summed E-state index contributed by atoms with van der Waals surface area (Å²) in [5.74, 6) is -4.77. The van der Waals surface area contributed by atoms with Crippen LogP contribution in [0.1, 0.15) is 49.8 Å². The number of hydrogen-bond acceptors (Lipinski definition) is 11. The number of thiazole rings is 1. The summed E-state index contributed by atoms with van der Waals surface area (Å²) in [5.41, 5.74) is 4.52. The molecule has 47 heavy (non-hydrogen) atoms. The Bertz CT molecular complexity index is 1820. The van der Waals surface area contributed by atoms with Crippen LogP contribution in [0.4, 0.5) is 32.9 Å². The van der Waals surface area contributed by atoms with E-state index in [1.807, 2.05) is 4.90 Å². The average molecular weight is 695 g/mol. The molecule has 6 atom stereocenters. The minimum Gasteiger partial charge on any atom is -0.588 e. The second-order valence-electron chi connectivity index (χ2n) is 13.5. The third-order valence-corrected chi connectivity index (χ3v) is 12.8. The molecular formula is C30H31F5N8O2S2. The maximum absolute atomic E-state index is 17.2. The van der Waals surface area contributed by atoms with Crippen molar-refractivity contribution in [1.29, 1.82) is 0 Å². The van der Waals surface area contributed by atoms with E-state index in [-0.39, 0.29) is 62.0 Å². The molecular weight excluding hydrogens is 664 g/mol. The molecule has 1 aliphatic carbocycles. The predicted octanol–water partition coefficient (Wildman–Crippen LogP) is 4.24. The van der Waals surface area contributed by atoms with Crippen LogP contribution in [0.15, 0.2) is 17.0 Å². The Labute approximate surface area is 273 Å². The molecule has 0 amide bonds. The molecule has 3 N–H and O–H groups in total. The monoisotopic (exact) mass is 694 g/mol. The number of rotatable bonds is 6. The van der Waals surface area contributed by atoms with E-state index in [9.17, 15) is 22.1 Å². The number of aromatic nitrogens is 3. The number of nitrogen functional groups attached to an aromatic ring is 1. The zero-order valence-electron chi connectivity index (χ0n) is 25.0. The highest BCUT2D eigenvalue weighted by molar-refractivity contribution is 7.89. The fraction of sp³-hybridized carbons (Fsp3) is 0.567. The van der Waals surface area contributed by atoms with Crippen molar-refractivity contribution >= 4 is 55.4 Å². The third kappa shape index (κ3) is 4.70. The largest absolute Gasteiger partial charge is 0.588 e. The first-order valence-corrected chi connectivity index (χ1v) is 17.7. The van der Waals surface area contributed by atoms with E-state index < -0.39 is 58.8 Å². The smallest absolute Gasteiger partial charge is 0.319 e. The summed E-state index contributed by atoms with van der Waals surface area (Å²) in [5, 5.41) is 3.53. The number of halogens is 5. The topological polar surface area (TPSA) is 119 Å². The van der Waals surface area contributed by atoms with Crippen molar-refractivity contribution in [2.24, 2.45) is 0 Å². The third-order valence-electron chi connectivity index (χ3n) is 10.4. The second-order valence-corrected chi connectivity index (χ2v) is 15.8. The average Bonchev–Trinajstić information content (AvgIpc) is 3.47. The van der Waals surface area contributed by atoms with Crippen LogP contribution < -0.4 is 20.7 Å². The minimum atomic E-state index is -3.24. The molecule has 6 aliphatic rings. The molecule has 5 aliphatic heterocycles. The molecule has 5 fully saturated rings. The van der Waals surface area contributed by atoms with Gasteiger partial charge in [0.05, 0.1) is 15.8 Å². The highest BCUT2D eigenvalue weighted by atomic mass is 32.2. The molecule has 0 radical (unpaired) electrons. The minimum absolute atomic E-state index is 0.00407. The summed E-state index contributed by atoms with van der Waals surface area (Å²) in [4.78, 5) is 17.1. The molecule has 0 spiro atoms. The normalized spacial score (nSPS) is 32.8. The number of piperazine rings is 1. The van der Waals surface area contributed by atoms with Crippen LogP contribution >= 0.6 is 11.3 Å². The SMILES string of the molecule is Nc1nc2c(C3=C(F)c4nc(OC[C@@]56CCCN5C[C@H](F)C6)nc(N5CC6CCC(C5)N6)c4[S+]([O-])N3C3CC3(F)F)ccc(F)c2s1. The van der Waals surface area contributed by atoms with Gasteiger partial charge < -0.3 is 25.2 Å². The first-order chi connectivity index (χ1) is 22.5. The predicted molar refractivity (Wildman–Crippen MR) is 166 cm³/mol. The Balaban J connectivity index is 1.21. The van der Waals surface area contributed by atoms with E-state index in [0.29, 0.717) is 26.1 Å². The van der Waals surface area contributed by atoms with Gasteiger partial charge in [0, 0.05) is 50.1 Å². The van der Waals surface area contributed by atoms with Gasteiger partial charge >= 0.3 is 6.01 Å². The molecule has 2 bridgehead atoms. The van der Waals surface area contributed by atoms with Gasteiger partial charge in [-0.2, -0.15) is 14.3 Å². The van der Waals surface area contributed by atoms with E-state index in [1.54, 1.807) is 0 Å². The molecule has 10 nitrogen and oxygen atoms in total. The second kappa shape index (κ2) is 10.5. The number of nitrogens with zero attached hydrogens (tertiary/aromatic N) is 6. The highest BCUT2D eigenvalue weighted by Crippen LogP contribution is 2.56. The van der Waals surface area contributed by atoms with Crippen LogP contribution in [0.3, 0.4) is 0 Å². The summed E-state index contributed by atoms with van der Waals surface area (Å²) >= 11 is -1.55. The van der Waals surface area contributed by atoms with E-state index >= 15 is 4.39 Å². The number of ether oxygens (including phenoxy) is 1. The fourth-order valence-electron chi connectivity index (χ4n) is 8.16. The van der Waals surface area contributed by atoms with Gasteiger partial charge in [-0.1, -0.05) is 11.3 Å². The lowest BCUT2D eigenvalue weighted by atomic mass is 9.95. The van der Waals surface area contributed by atoms with E-state index in [1.165, 1.54) is 6.07 Å². The molecule has 1 aromatic carbocycles. The Hall–Kier alpha value is -2.99. The van der Waals surface area contributed by atoms with Gasteiger partial charge in [-0.3, -0.25) is 4.90 Å². The lowest BCUT2D eigenvalue weighted by Crippen LogP contribution is -2.52. The van der Waals surface area contributed by atoms with Crippen LogP contribution in [0, 0.1) is 5.82 Å². The molecule has 3 aromatic rings. The van der Waals surface area contributed by atoms with Gasteiger partial charge in [-0.15, -0.1) is 0 Å². The Morgan fingerprint density at radius 3 is 2.62 bits per heavy atom. The van der Waals surface area contributed by atoms with E-state index in [0.717, 1.165) is 53.9 Å². The van der Waals surface area contributed by atoms with Crippen molar-refractivity contribution in [3.8, 4) is 6.01 Å². The van der Waals surface area contributed by atoms with Crippen LogP contribution in [0.2, 0.25) is 0 Å². The quantitative estimate of drug-likeness (QED) is 0.287. The maximum atomic E-state index is 17.2. The lowest BCUT2D eigenvalue weighted by molar-refractivity contribution is 0.0989. The molecule has 17 heteroatoms. The van der Waals surface area contributed by atoms with Gasteiger partial charge in [0.15, 0.2) is 22.5 Å². The fourth-order valence-corrected chi connectivity index (χ4v) is 10.6. The van der Waals surface area contributed by atoms with Gasteiger partial charge in [-0.05, 0) is 44.4 Å². The first kappa shape index (κ1) is 30.1. The number of alkyl halides is 3. The number of fused-ring (bicyclic) bond motifs is 5. The lowest BCUT2D eigenvalue weighted by Gasteiger charge is -2.37. The maximum Gasteiger partial charge on any atom is 0.319 e. The molecule has 1 saturated carbocycles. The highest BCUT2D eigenvalue weighted by Gasteiger charge is 2.66. The Kier molecular flexibility index (Phi) is 6.73. The van der Waals surface area contributed by atoms with Crippen molar-refractivity contribution in [3.63, 3.8) is 0 Å². The molecule has 250 valence electrons. The van der Waals surface area contributed by atoms with Gasteiger partial charge in [0.25, 0.3) is 10.8 Å². The van der Waals surface area contributed by atoms with Gasteiger partial charge in [0.1, 0.15) is 41.7 Å². The molecule has 2 aromatic heterocycles. The number of hydrogen-bond donors (Lipinski definition) is 2. The number of nitrogens with one attached hydrogen (secondary N) is 1. The first-order valence-electron chi connectivity index (χ1n) is 15.8. The molecule has 7 heterocycles. The summed E-state index contributed by atoms with van der Waals surface area (Å²) in [6.45, 7) is 2.10. The van der Waals surface area contributed by atoms with Crippen molar-refractivity contribution in [3.05, 3.63) is 29.2 Å². The summed E-state index contributed by atoms with van der Waals surface area (Å²) in [6.07, 6.45) is 2.13. The van der Waals surface area contributed by atoms with Crippen LogP contribution in [0.5, 0.6) is 6.01 Å². The van der Waals surface area contributed by atoms with Crippen molar-refractivity contribution in [2.75, 3.05) is 43.4 Å².